The molecule has 2 rings (SSSR count). The molecule has 5 heteroatoms. The number of hydrogen-bond donors (Lipinski definition) is 1. The predicted molar refractivity (Wildman–Crippen MR) is 76.2 cm³/mol. The van der Waals surface area contributed by atoms with Crippen LogP contribution in [0, 0.1) is 5.82 Å². The van der Waals surface area contributed by atoms with Crippen LogP contribution in [-0.2, 0) is 17.8 Å². The molecule has 2 aromatic rings. The summed E-state index contributed by atoms with van der Waals surface area (Å²) in [6, 6.07) is 11.5. The molecule has 0 unspecified atom stereocenters. The third-order valence-corrected chi connectivity index (χ3v) is 3.16. The number of halogens is 2. The SMILES string of the molecule is O=C(O)Cc1ccc(COc2cc(Br)ccc2F)cc1. The fraction of sp³-hybridized carbons (Fsp3) is 0.133. The monoisotopic (exact) mass is 338 g/mol. The van der Waals surface area contributed by atoms with E-state index >= 15 is 0 Å². The van der Waals surface area contributed by atoms with Crippen LogP contribution in [0.3, 0.4) is 0 Å². The lowest BCUT2D eigenvalue weighted by atomic mass is 10.1. The van der Waals surface area contributed by atoms with E-state index in [0.29, 0.717) is 0 Å². The van der Waals surface area contributed by atoms with Gasteiger partial charge >= 0.3 is 5.97 Å². The van der Waals surface area contributed by atoms with Crippen LogP contribution in [0.4, 0.5) is 4.39 Å². The molecule has 0 saturated carbocycles. The number of aliphatic carboxylic acids is 1. The van der Waals surface area contributed by atoms with Gasteiger partial charge in [0.05, 0.1) is 6.42 Å². The molecule has 0 aliphatic carbocycles. The summed E-state index contributed by atoms with van der Waals surface area (Å²) in [5, 5.41) is 8.67. The largest absolute Gasteiger partial charge is 0.486 e. The van der Waals surface area contributed by atoms with E-state index in [9.17, 15) is 9.18 Å². The summed E-state index contributed by atoms with van der Waals surface area (Å²) in [4.78, 5) is 10.6. The smallest absolute Gasteiger partial charge is 0.307 e. The van der Waals surface area contributed by atoms with Gasteiger partial charge in [-0.15, -0.1) is 0 Å². The molecule has 104 valence electrons. The van der Waals surface area contributed by atoms with E-state index in [4.69, 9.17) is 9.84 Å². The summed E-state index contributed by atoms with van der Waals surface area (Å²) < 4.78 is 19.6. The molecule has 2 aromatic carbocycles. The van der Waals surface area contributed by atoms with Gasteiger partial charge in [0.2, 0.25) is 0 Å². The van der Waals surface area contributed by atoms with Crippen molar-refractivity contribution in [3.63, 3.8) is 0 Å². The summed E-state index contributed by atoms with van der Waals surface area (Å²) in [5.41, 5.74) is 1.56. The number of carbonyl (C=O) groups is 1. The Kier molecular flexibility index (Phi) is 4.74. The molecule has 0 atom stereocenters. The highest BCUT2D eigenvalue weighted by molar-refractivity contribution is 9.10. The van der Waals surface area contributed by atoms with Gasteiger partial charge in [0, 0.05) is 4.47 Å². The molecule has 0 aliphatic heterocycles. The van der Waals surface area contributed by atoms with Gasteiger partial charge in [-0.05, 0) is 29.3 Å². The number of carboxylic acids is 1. The van der Waals surface area contributed by atoms with Gasteiger partial charge < -0.3 is 9.84 Å². The summed E-state index contributed by atoms with van der Waals surface area (Å²) in [7, 11) is 0. The molecule has 0 aliphatic rings. The summed E-state index contributed by atoms with van der Waals surface area (Å²) in [5.74, 6) is -1.12. The fourth-order valence-corrected chi connectivity index (χ4v) is 2.02. The average molecular weight is 339 g/mol. The summed E-state index contributed by atoms with van der Waals surface area (Å²) >= 11 is 3.25. The molecule has 0 radical (unpaired) electrons. The maximum atomic E-state index is 13.5. The zero-order chi connectivity index (χ0) is 14.5. The third-order valence-electron chi connectivity index (χ3n) is 2.67. The highest BCUT2D eigenvalue weighted by Gasteiger charge is 2.05. The first-order chi connectivity index (χ1) is 9.54. The van der Waals surface area contributed by atoms with Crippen molar-refractivity contribution in [2.24, 2.45) is 0 Å². The number of ether oxygens (including phenoxy) is 1. The Labute approximate surface area is 124 Å². The highest BCUT2D eigenvalue weighted by Crippen LogP contribution is 2.23. The van der Waals surface area contributed by atoms with Crippen molar-refractivity contribution in [3.05, 3.63) is 63.9 Å². The lowest BCUT2D eigenvalue weighted by Crippen LogP contribution is -2.01. The molecule has 1 N–H and O–H groups in total. The Morgan fingerprint density at radius 2 is 1.80 bits per heavy atom. The van der Waals surface area contributed by atoms with Crippen LogP contribution in [0.1, 0.15) is 11.1 Å². The maximum absolute atomic E-state index is 13.5. The van der Waals surface area contributed by atoms with Gasteiger partial charge in [0.15, 0.2) is 11.6 Å². The third kappa shape index (κ3) is 4.06. The molecular formula is C15H12BrFO3. The van der Waals surface area contributed by atoms with E-state index in [0.717, 1.165) is 15.6 Å². The maximum Gasteiger partial charge on any atom is 0.307 e. The van der Waals surface area contributed by atoms with Crippen LogP contribution in [0.25, 0.3) is 0 Å². The molecular weight excluding hydrogens is 327 g/mol. The standard InChI is InChI=1S/C15H12BrFO3/c16-12-5-6-13(17)14(8-12)20-9-11-3-1-10(2-4-11)7-15(18)19/h1-6,8H,7,9H2,(H,18,19). The number of rotatable bonds is 5. The fourth-order valence-electron chi connectivity index (χ4n) is 1.68. The second-order valence-electron chi connectivity index (χ2n) is 4.25. The first-order valence-electron chi connectivity index (χ1n) is 5.92. The Morgan fingerprint density at radius 1 is 1.15 bits per heavy atom. The van der Waals surface area contributed by atoms with Gasteiger partial charge in [-0.3, -0.25) is 4.79 Å². The quantitative estimate of drug-likeness (QED) is 0.901. The van der Waals surface area contributed by atoms with Crippen LogP contribution in [0.15, 0.2) is 46.9 Å². The lowest BCUT2D eigenvalue weighted by molar-refractivity contribution is -0.136. The Bertz CT molecular complexity index is 611. The molecule has 0 heterocycles. The molecule has 3 nitrogen and oxygen atoms in total. The zero-order valence-corrected chi connectivity index (χ0v) is 12.1. The van der Waals surface area contributed by atoms with Crippen molar-refractivity contribution in [1.29, 1.82) is 0 Å². The van der Waals surface area contributed by atoms with Crippen molar-refractivity contribution in [3.8, 4) is 5.75 Å². The average Bonchev–Trinajstić information content (AvgIpc) is 2.41. The number of hydrogen-bond acceptors (Lipinski definition) is 2. The van der Waals surface area contributed by atoms with E-state index < -0.39 is 11.8 Å². The summed E-state index contributed by atoms with van der Waals surface area (Å²) in [6.07, 6.45) is -0.0125. The molecule has 20 heavy (non-hydrogen) atoms. The van der Waals surface area contributed by atoms with E-state index in [1.807, 2.05) is 0 Å². The van der Waals surface area contributed by atoms with Crippen LogP contribution in [-0.4, -0.2) is 11.1 Å². The molecule has 0 amide bonds. The van der Waals surface area contributed by atoms with Crippen molar-refractivity contribution in [2.45, 2.75) is 13.0 Å². The van der Waals surface area contributed by atoms with Crippen molar-refractivity contribution >= 4 is 21.9 Å². The van der Waals surface area contributed by atoms with Crippen molar-refractivity contribution in [1.82, 2.24) is 0 Å². The minimum Gasteiger partial charge on any atom is -0.486 e. The Morgan fingerprint density at radius 3 is 2.45 bits per heavy atom. The van der Waals surface area contributed by atoms with Gasteiger partial charge in [-0.25, -0.2) is 4.39 Å². The van der Waals surface area contributed by atoms with E-state index in [1.54, 1.807) is 36.4 Å². The van der Waals surface area contributed by atoms with E-state index in [2.05, 4.69) is 15.9 Å². The van der Waals surface area contributed by atoms with E-state index in [-0.39, 0.29) is 18.8 Å². The molecule has 0 bridgehead atoms. The topological polar surface area (TPSA) is 46.5 Å². The highest BCUT2D eigenvalue weighted by atomic mass is 79.9. The van der Waals surface area contributed by atoms with Gasteiger partial charge in [0.25, 0.3) is 0 Å². The number of carboxylic acid groups (broad SMARTS) is 1. The lowest BCUT2D eigenvalue weighted by Gasteiger charge is -2.08. The first kappa shape index (κ1) is 14.5. The van der Waals surface area contributed by atoms with Crippen LogP contribution < -0.4 is 4.74 Å². The normalized spacial score (nSPS) is 10.3. The first-order valence-corrected chi connectivity index (χ1v) is 6.71. The molecule has 0 fully saturated rings. The van der Waals surface area contributed by atoms with Crippen LogP contribution in [0.2, 0.25) is 0 Å². The van der Waals surface area contributed by atoms with Crippen molar-refractivity contribution < 1.29 is 19.0 Å². The second-order valence-corrected chi connectivity index (χ2v) is 5.17. The van der Waals surface area contributed by atoms with Crippen molar-refractivity contribution in [2.75, 3.05) is 0 Å². The zero-order valence-electron chi connectivity index (χ0n) is 10.5. The molecule has 0 spiro atoms. The molecule has 0 aromatic heterocycles. The number of benzene rings is 2. The minimum absolute atomic E-state index is 0.0125. The van der Waals surface area contributed by atoms with Gasteiger partial charge in [-0.2, -0.15) is 0 Å². The Balaban J connectivity index is 2.00. The van der Waals surface area contributed by atoms with Crippen LogP contribution >= 0.6 is 15.9 Å². The van der Waals surface area contributed by atoms with Gasteiger partial charge in [-0.1, -0.05) is 40.2 Å². The predicted octanol–water partition coefficient (Wildman–Crippen LogP) is 3.79. The minimum atomic E-state index is -0.870. The van der Waals surface area contributed by atoms with Crippen LogP contribution in [0.5, 0.6) is 5.75 Å². The van der Waals surface area contributed by atoms with E-state index in [1.165, 1.54) is 6.07 Å². The molecule has 0 saturated heterocycles. The van der Waals surface area contributed by atoms with Gasteiger partial charge in [0.1, 0.15) is 6.61 Å². The Hall–Kier alpha value is -1.88. The second kappa shape index (κ2) is 6.52. The summed E-state index contributed by atoms with van der Waals surface area (Å²) in [6.45, 7) is 0.223.